The molecule has 2 atom stereocenters. The second-order valence-electron chi connectivity index (χ2n) is 8.86. The summed E-state index contributed by atoms with van der Waals surface area (Å²) in [6.45, 7) is 7.96. The van der Waals surface area contributed by atoms with Gasteiger partial charge < -0.3 is 15.5 Å². The first kappa shape index (κ1) is 22.5. The van der Waals surface area contributed by atoms with Gasteiger partial charge in [-0.1, -0.05) is 12.1 Å². The Balaban J connectivity index is 1.46. The van der Waals surface area contributed by atoms with E-state index in [9.17, 15) is 24.0 Å². The summed E-state index contributed by atoms with van der Waals surface area (Å²) in [6, 6.07) is 5.48. The lowest BCUT2D eigenvalue weighted by Crippen LogP contribution is -2.49. The quantitative estimate of drug-likeness (QED) is 0.507. The Hall–Kier alpha value is -3.23. The highest BCUT2D eigenvalue weighted by atomic mass is 16.2. The van der Waals surface area contributed by atoms with Crippen LogP contribution in [0.3, 0.4) is 0 Å². The van der Waals surface area contributed by atoms with Crippen LogP contribution in [0.4, 0.5) is 0 Å². The van der Waals surface area contributed by atoms with E-state index >= 15 is 0 Å². The summed E-state index contributed by atoms with van der Waals surface area (Å²) in [5.74, 6) is -2.17. The lowest BCUT2D eigenvalue weighted by molar-refractivity contribution is -0.132. The predicted molar refractivity (Wildman–Crippen MR) is 112 cm³/mol. The smallest absolute Gasteiger partial charge is 0.262 e. The van der Waals surface area contributed by atoms with E-state index in [0.29, 0.717) is 6.54 Å². The van der Waals surface area contributed by atoms with Gasteiger partial charge in [0, 0.05) is 31.6 Å². The third-order valence-electron chi connectivity index (χ3n) is 5.62. The van der Waals surface area contributed by atoms with E-state index < -0.39 is 29.7 Å². The van der Waals surface area contributed by atoms with E-state index in [1.54, 1.807) is 29.2 Å². The molecule has 9 heteroatoms. The Bertz CT molecular complexity index is 901. The number of carbonyl (C=O) groups is 5. The molecule has 1 saturated heterocycles. The topological polar surface area (TPSA) is 116 Å². The molecule has 5 amide bonds. The molecule has 1 aromatic rings. The standard InChI is InChI=1S/C22H28N4O5/c1-13(26-20(30)15-7-5-6-8-16(15)21(26)31)18(28)23-9-10-24-19(29)14-11-17(27)25(12-14)22(2,3)4/h5-8,13-14H,9-12H2,1-4H3,(H,23,28)(H,24,29). The van der Waals surface area contributed by atoms with E-state index in [4.69, 9.17) is 0 Å². The summed E-state index contributed by atoms with van der Waals surface area (Å²) in [6.07, 6.45) is 0.173. The summed E-state index contributed by atoms with van der Waals surface area (Å²) >= 11 is 0. The van der Waals surface area contributed by atoms with Gasteiger partial charge in [-0.25, -0.2) is 0 Å². The van der Waals surface area contributed by atoms with Crippen LogP contribution < -0.4 is 10.6 Å². The fourth-order valence-electron chi connectivity index (χ4n) is 3.87. The zero-order valence-corrected chi connectivity index (χ0v) is 18.2. The predicted octanol–water partition coefficient (Wildman–Crippen LogP) is 0.551. The van der Waals surface area contributed by atoms with E-state index in [1.807, 2.05) is 20.8 Å². The molecule has 31 heavy (non-hydrogen) atoms. The number of carbonyl (C=O) groups excluding carboxylic acids is 5. The number of nitrogens with zero attached hydrogens (tertiary/aromatic N) is 2. The van der Waals surface area contributed by atoms with Crippen molar-refractivity contribution in [1.82, 2.24) is 20.4 Å². The van der Waals surface area contributed by atoms with E-state index in [2.05, 4.69) is 10.6 Å². The van der Waals surface area contributed by atoms with Gasteiger partial charge in [0.25, 0.3) is 11.8 Å². The Labute approximate surface area is 181 Å². The first-order chi connectivity index (χ1) is 14.5. The van der Waals surface area contributed by atoms with Gasteiger partial charge in [0.15, 0.2) is 0 Å². The largest absolute Gasteiger partial charge is 0.354 e. The number of benzene rings is 1. The molecule has 2 unspecified atom stereocenters. The Kier molecular flexibility index (Phi) is 6.15. The molecule has 0 spiro atoms. The number of rotatable bonds is 6. The summed E-state index contributed by atoms with van der Waals surface area (Å²) in [5.41, 5.74) is 0.241. The third kappa shape index (κ3) is 4.45. The van der Waals surface area contributed by atoms with E-state index in [-0.39, 0.29) is 48.0 Å². The molecule has 9 nitrogen and oxygen atoms in total. The van der Waals surface area contributed by atoms with Crippen LogP contribution in [-0.2, 0) is 14.4 Å². The van der Waals surface area contributed by atoms with Gasteiger partial charge in [-0.3, -0.25) is 28.9 Å². The molecule has 2 aliphatic rings. The van der Waals surface area contributed by atoms with Crippen LogP contribution >= 0.6 is 0 Å². The average Bonchev–Trinajstić information content (AvgIpc) is 3.23. The zero-order valence-electron chi connectivity index (χ0n) is 18.2. The Morgan fingerprint density at radius 3 is 2.10 bits per heavy atom. The fourth-order valence-corrected chi connectivity index (χ4v) is 3.87. The number of likely N-dealkylation sites (tertiary alicyclic amines) is 1. The second-order valence-corrected chi connectivity index (χ2v) is 8.86. The van der Waals surface area contributed by atoms with Crippen LogP contribution in [0, 0.1) is 5.92 Å². The molecule has 2 N–H and O–H groups in total. The van der Waals surface area contributed by atoms with Crippen molar-refractivity contribution in [1.29, 1.82) is 0 Å². The monoisotopic (exact) mass is 428 g/mol. The van der Waals surface area contributed by atoms with Crippen LogP contribution in [0.1, 0.15) is 54.8 Å². The molecule has 2 heterocycles. The van der Waals surface area contributed by atoms with Crippen LogP contribution in [-0.4, -0.2) is 70.6 Å². The third-order valence-corrected chi connectivity index (χ3v) is 5.62. The normalized spacial score (nSPS) is 19.5. The minimum atomic E-state index is -0.976. The summed E-state index contributed by atoms with van der Waals surface area (Å²) in [7, 11) is 0. The van der Waals surface area contributed by atoms with Crippen molar-refractivity contribution in [3.8, 4) is 0 Å². The number of hydrogen-bond donors (Lipinski definition) is 2. The SMILES string of the molecule is CC(C(=O)NCCNC(=O)C1CC(=O)N(C(C)(C)C)C1)N1C(=O)c2ccccc2C1=O. The minimum absolute atomic E-state index is 0.0456. The number of nitrogens with one attached hydrogen (secondary N) is 2. The number of hydrogen-bond acceptors (Lipinski definition) is 5. The van der Waals surface area contributed by atoms with Crippen molar-refractivity contribution in [3.63, 3.8) is 0 Å². The summed E-state index contributed by atoms with van der Waals surface area (Å²) < 4.78 is 0. The van der Waals surface area contributed by atoms with Gasteiger partial charge in [-0.05, 0) is 39.8 Å². The lowest BCUT2D eigenvalue weighted by atomic mass is 10.1. The maximum absolute atomic E-state index is 12.5. The summed E-state index contributed by atoms with van der Waals surface area (Å²) in [5, 5.41) is 5.37. The zero-order chi connectivity index (χ0) is 22.9. The fraction of sp³-hybridized carbons (Fsp3) is 0.500. The highest BCUT2D eigenvalue weighted by Gasteiger charge is 2.41. The van der Waals surface area contributed by atoms with Crippen molar-refractivity contribution in [2.75, 3.05) is 19.6 Å². The molecule has 0 saturated carbocycles. The van der Waals surface area contributed by atoms with Gasteiger partial charge in [0.2, 0.25) is 17.7 Å². The second kappa shape index (κ2) is 8.49. The Morgan fingerprint density at radius 2 is 1.58 bits per heavy atom. The molecular weight excluding hydrogens is 400 g/mol. The van der Waals surface area contributed by atoms with Crippen molar-refractivity contribution in [2.24, 2.45) is 5.92 Å². The van der Waals surface area contributed by atoms with Gasteiger partial charge in [0.05, 0.1) is 17.0 Å². The van der Waals surface area contributed by atoms with E-state index in [0.717, 1.165) is 4.90 Å². The van der Waals surface area contributed by atoms with Crippen molar-refractivity contribution >= 4 is 29.5 Å². The molecule has 166 valence electrons. The molecule has 0 aliphatic carbocycles. The minimum Gasteiger partial charge on any atom is -0.354 e. The number of fused-ring (bicyclic) bond motifs is 1. The average molecular weight is 428 g/mol. The molecule has 0 aromatic heterocycles. The van der Waals surface area contributed by atoms with Gasteiger partial charge in [0.1, 0.15) is 6.04 Å². The van der Waals surface area contributed by atoms with Crippen LogP contribution in [0.15, 0.2) is 24.3 Å². The molecule has 1 aromatic carbocycles. The Morgan fingerprint density at radius 1 is 1.03 bits per heavy atom. The van der Waals surface area contributed by atoms with Crippen LogP contribution in [0.2, 0.25) is 0 Å². The molecular formula is C22H28N4O5. The highest BCUT2D eigenvalue weighted by molar-refractivity contribution is 6.22. The maximum atomic E-state index is 12.5. The molecule has 0 radical (unpaired) electrons. The maximum Gasteiger partial charge on any atom is 0.262 e. The molecule has 2 aliphatic heterocycles. The van der Waals surface area contributed by atoms with Crippen LogP contribution in [0.25, 0.3) is 0 Å². The number of amides is 5. The van der Waals surface area contributed by atoms with Crippen molar-refractivity contribution in [3.05, 3.63) is 35.4 Å². The van der Waals surface area contributed by atoms with Gasteiger partial charge in [-0.15, -0.1) is 0 Å². The van der Waals surface area contributed by atoms with E-state index in [1.165, 1.54) is 6.92 Å². The van der Waals surface area contributed by atoms with Crippen molar-refractivity contribution < 1.29 is 24.0 Å². The van der Waals surface area contributed by atoms with Crippen molar-refractivity contribution in [2.45, 2.75) is 45.7 Å². The number of imide groups is 1. The highest BCUT2D eigenvalue weighted by Crippen LogP contribution is 2.26. The molecule has 0 bridgehead atoms. The van der Waals surface area contributed by atoms with Gasteiger partial charge in [-0.2, -0.15) is 0 Å². The van der Waals surface area contributed by atoms with Crippen LogP contribution in [0.5, 0.6) is 0 Å². The first-order valence-corrected chi connectivity index (χ1v) is 10.3. The van der Waals surface area contributed by atoms with Gasteiger partial charge >= 0.3 is 0 Å². The first-order valence-electron chi connectivity index (χ1n) is 10.3. The lowest BCUT2D eigenvalue weighted by Gasteiger charge is -2.31. The summed E-state index contributed by atoms with van der Waals surface area (Å²) in [4.78, 5) is 64.5. The molecule has 3 rings (SSSR count). The molecule has 1 fully saturated rings.